The molecule has 0 radical (unpaired) electrons. The third kappa shape index (κ3) is 6.27. The number of rotatable bonds is 5. The molecule has 2 atom stereocenters. The van der Waals surface area contributed by atoms with Crippen molar-refractivity contribution in [3.63, 3.8) is 0 Å². The van der Waals surface area contributed by atoms with Gasteiger partial charge in [0.1, 0.15) is 41.1 Å². The van der Waals surface area contributed by atoms with Crippen molar-refractivity contribution in [3.05, 3.63) is 60.9 Å². The second kappa shape index (κ2) is 11.8. The summed E-state index contributed by atoms with van der Waals surface area (Å²) >= 11 is 0. The van der Waals surface area contributed by atoms with E-state index in [0.717, 1.165) is 54.1 Å². The molecule has 1 amide bonds. The average Bonchev–Trinajstić information content (AvgIpc) is 3.38. The summed E-state index contributed by atoms with van der Waals surface area (Å²) < 4.78 is 28.7. The van der Waals surface area contributed by atoms with E-state index in [9.17, 15) is 4.79 Å². The first-order valence-corrected chi connectivity index (χ1v) is 14.8. The number of nitrogens with zero attached hydrogens (tertiary/aromatic N) is 6. The maximum atomic E-state index is 15.3. The zero-order chi connectivity index (χ0) is 30.1. The molecule has 10 nitrogen and oxygen atoms in total. The monoisotopic (exact) mass is 587 g/mol. The predicted octanol–water partition coefficient (Wildman–Crippen LogP) is 5.85. The van der Waals surface area contributed by atoms with Crippen LogP contribution >= 0.6 is 0 Å². The lowest BCUT2D eigenvalue weighted by Crippen LogP contribution is -2.56. The topological polar surface area (TPSA) is 112 Å². The second-order valence-corrected chi connectivity index (χ2v) is 12.3. The number of carbonyl (C=O) groups excluding carboxylic acids is 1. The van der Waals surface area contributed by atoms with Crippen LogP contribution in [0.25, 0.3) is 22.3 Å². The Bertz CT molecular complexity index is 1560. The molecular weight excluding hydrogens is 549 g/mol. The van der Waals surface area contributed by atoms with E-state index in [0.29, 0.717) is 24.4 Å². The van der Waals surface area contributed by atoms with E-state index in [1.807, 2.05) is 80.1 Å². The molecule has 2 N–H and O–H groups in total. The van der Waals surface area contributed by atoms with Gasteiger partial charge in [-0.2, -0.15) is 5.10 Å². The van der Waals surface area contributed by atoms with Crippen molar-refractivity contribution < 1.29 is 18.7 Å². The van der Waals surface area contributed by atoms with Gasteiger partial charge in [-0.1, -0.05) is 18.2 Å². The summed E-state index contributed by atoms with van der Waals surface area (Å²) in [6, 6.07) is 17.2. The van der Waals surface area contributed by atoms with Gasteiger partial charge in [0.15, 0.2) is 5.65 Å². The highest BCUT2D eigenvalue weighted by atomic mass is 19.1. The molecule has 43 heavy (non-hydrogen) atoms. The number of aromatic nitrogens is 4. The number of amides is 1. The zero-order valence-electron chi connectivity index (χ0n) is 24.8. The number of fused-ring (bicyclic) bond motifs is 1. The molecule has 0 spiro atoms. The summed E-state index contributed by atoms with van der Waals surface area (Å²) in [6.45, 7) is 7.45. The highest BCUT2D eigenvalue weighted by Crippen LogP contribution is 2.36. The van der Waals surface area contributed by atoms with Crippen LogP contribution in [-0.4, -0.2) is 79.6 Å². The number of piperidine rings is 2. The van der Waals surface area contributed by atoms with Gasteiger partial charge in [-0.3, -0.25) is 4.90 Å². The lowest BCUT2D eigenvalue weighted by atomic mass is 9.97. The molecule has 2 aromatic heterocycles. The lowest BCUT2D eigenvalue weighted by molar-refractivity contribution is -0.0107. The number of carbonyl (C=O) groups is 1. The van der Waals surface area contributed by atoms with Crippen LogP contribution in [0.4, 0.5) is 15.0 Å². The fraction of sp³-hybridized carbons (Fsp3) is 0.438. The number of hydrogen-bond donors (Lipinski definition) is 1. The molecule has 0 bridgehead atoms. The first-order valence-electron chi connectivity index (χ1n) is 14.8. The largest absolute Gasteiger partial charge is 0.457 e. The van der Waals surface area contributed by atoms with E-state index in [1.54, 1.807) is 0 Å². The van der Waals surface area contributed by atoms with Crippen LogP contribution < -0.4 is 10.5 Å². The van der Waals surface area contributed by atoms with Crippen molar-refractivity contribution in [3.8, 4) is 22.8 Å². The van der Waals surface area contributed by atoms with Crippen LogP contribution in [0.5, 0.6) is 11.5 Å². The molecular formula is C32H38FN7O3. The molecule has 0 aliphatic carbocycles. The third-order valence-electron chi connectivity index (χ3n) is 8.10. The summed E-state index contributed by atoms with van der Waals surface area (Å²) in [5.41, 5.74) is 8.06. The number of likely N-dealkylation sites (tertiary alicyclic amines) is 2. The number of anilines is 1. The van der Waals surface area contributed by atoms with Crippen LogP contribution in [0.2, 0.25) is 0 Å². The Balaban J connectivity index is 1.15. The standard InChI is InChI=1S/C32H38FN7O3/c1-32(2,3)43-31(41)39-18-15-26(25(33)19-39)38-16-13-22(14-17-38)40-30-27(29(34)35-20-36-30)28(37-40)21-9-11-24(12-10-21)42-23-7-5-4-6-8-23/h4-12,20,22,25-26H,13-19H2,1-3H3,(H2,34,35,36)/t25-,26+/m0/s1. The molecule has 11 heteroatoms. The molecule has 4 aromatic rings. The number of benzene rings is 2. The number of alkyl halides is 1. The van der Waals surface area contributed by atoms with E-state index >= 15 is 4.39 Å². The summed E-state index contributed by atoms with van der Waals surface area (Å²) in [4.78, 5) is 25.0. The Kier molecular flexibility index (Phi) is 7.91. The SMILES string of the molecule is CC(C)(C)OC(=O)N1CC[C@@H](N2CCC(n3nc(-c4ccc(Oc5ccccc5)cc4)c4c(N)ncnc43)CC2)[C@@H](F)C1. The van der Waals surface area contributed by atoms with Gasteiger partial charge in [-0.15, -0.1) is 0 Å². The average molecular weight is 588 g/mol. The van der Waals surface area contributed by atoms with Crippen molar-refractivity contribution in [2.75, 3.05) is 31.9 Å². The number of nitrogens with two attached hydrogens (primary N) is 1. The number of para-hydroxylation sites is 1. The van der Waals surface area contributed by atoms with Crippen molar-refractivity contribution in [1.29, 1.82) is 0 Å². The van der Waals surface area contributed by atoms with E-state index in [-0.39, 0.29) is 18.6 Å². The third-order valence-corrected chi connectivity index (χ3v) is 8.10. The van der Waals surface area contributed by atoms with Gasteiger partial charge in [0.05, 0.1) is 18.0 Å². The molecule has 2 aromatic carbocycles. The molecule has 2 aliphatic heterocycles. The minimum Gasteiger partial charge on any atom is -0.457 e. The maximum absolute atomic E-state index is 15.3. The quantitative estimate of drug-likeness (QED) is 0.309. The fourth-order valence-corrected chi connectivity index (χ4v) is 6.02. The first kappa shape index (κ1) is 28.9. The minimum atomic E-state index is -1.13. The Labute approximate surface area is 250 Å². The number of hydrogen-bond acceptors (Lipinski definition) is 8. The Morgan fingerprint density at radius 3 is 2.33 bits per heavy atom. The minimum absolute atomic E-state index is 0.0536. The summed E-state index contributed by atoms with van der Waals surface area (Å²) in [5, 5.41) is 5.73. The lowest BCUT2D eigenvalue weighted by Gasteiger charge is -2.43. The maximum Gasteiger partial charge on any atom is 0.410 e. The molecule has 2 saturated heterocycles. The Morgan fingerprint density at radius 1 is 0.953 bits per heavy atom. The van der Waals surface area contributed by atoms with Crippen molar-refractivity contribution >= 4 is 22.9 Å². The smallest absolute Gasteiger partial charge is 0.410 e. The first-order chi connectivity index (χ1) is 20.7. The predicted molar refractivity (Wildman–Crippen MR) is 163 cm³/mol. The molecule has 226 valence electrons. The summed E-state index contributed by atoms with van der Waals surface area (Å²) in [7, 11) is 0. The normalized spacial score (nSPS) is 20.3. The number of ether oxygens (including phenoxy) is 2. The summed E-state index contributed by atoms with van der Waals surface area (Å²) in [6.07, 6.45) is 2.06. The molecule has 2 fully saturated rings. The number of nitrogen functional groups attached to an aromatic ring is 1. The fourth-order valence-electron chi connectivity index (χ4n) is 6.02. The Hall–Kier alpha value is -4.25. The van der Waals surface area contributed by atoms with E-state index < -0.39 is 17.9 Å². The van der Waals surface area contributed by atoms with Crippen LogP contribution in [0.1, 0.15) is 46.1 Å². The van der Waals surface area contributed by atoms with Crippen molar-refractivity contribution in [1.82, 2.24) is 29.5 Å². The van der Waals surface area contributed by atoms with Crippen LogP contribution in [0, 0.1) is 0 Å². The van der Waals surface area contributed by atoms with Crippen molar-refractivity contribution in [2.45, 2.75) is 63.9 Å². The van der Waals surface area contributed by atoms with Gasteiger partial charge < -0.3 is 20.1 Å². The zero-order valence-corrected chi connectivity index (χ0v) is 24.8. The van der Waals surface area contributed by atoms with Crippen molar-refractivity contribution in [2.24, 2.45) is 0 Å². The van der Waals surface area contributed by atoms with Gasteiger partial charge in [0.2, 0.25) is 0 Å². The summed E-state index contributed by atoms with van der Waals surface area (Å²) in [5.74, 6) is 1.87. The van der Waals surface area contributed by atoms with Gasteiger partial charge in [0.25, 0.3) is 0 Å². The molecule has 2 aliphatic rings. The van der Waals surface area contributed by atoms with Crippen LogP contribution in [0.15, 0.2) is 60.9 Å². The van der Waals surface area contributed by atoms with E-state index in [2.05, 4.69) is 14.9 Å². The van der Waals surface area contributed by atoms with Crippen LogP contribution in [-0.2, 0) is 4.74 Å². The highest BCUT2D eigenvalue weighted by Gasteiger charge is 2.38. The van der Waals surface area contributed by atoms with Gasteiger partial charge in [-0.25, -0.2) is 23.8 Å². The second-order valence-electron chi connectivity index (χ2n) is 12.3. The van der Waals surface area contributed by atoms with Gasteiger partial charge >= 0.3 is 6.09 Å². The molecule has 0 unspecified atom stereocenters. The van der Waals surface area contributed by atoms with E-state index in [1.165, 1.54) is 11.2 Å². The Morgan fingerprint density at radius 2 is 1.65 bits per heavy atom. The highest BCUT2D eigenvalue weighted by molar-refractivity contribution is 5.98. The molecule has 4 heterocycles. The van der Waals surface area contributed by atoms with E-state index in [4.69, 9.17) is 20.3 Å². The van der Waals surface area contributed by atoms with Crippen LogP contribution in [0.3, 0.4) is 0 Å². The molecule has 0 saturated carbocycles. The molecule has 6 rings (SSSR count). The van der Waals surface area contributed by atoms with Gasteiger partial charge in [-0.05, 0) is 76.4 Å². The van der Waals surface area contributed by atoms with Gasteiger partial charge in [0, 0.05) is 31.2 Å². The number of halogens is 1.